The van der Waals surface area contributed by atoms with Crippen molar-refractivity contribution in [2.75, 3.05) is 122 Å². The number of rotatable bonds is 26. The Morgan fingerprint density at radius 2 is 1.12 bits per heavy atom. The number of hydrogen-bond acceptors (Lipinski definition) is 20. The Labute approximate surface area is 563 Å². The lowest BCUT2D eigenvalue weighted by Gasteiger charge is -2.34. The van der Waals surface area contributed by atoms with Gasteiger partial charge in [-0.3, -0.25) is 23.9 Å². The van der Waals surface area contributed by atoms with Crippen molar-refractivity contribution in [1.82, 2.24) is 58.4 Å². The molecule has 2 aromatic carbocycles. The number of fused-ring (bicyclic) bond motifs is 2. The summed E-state index contributed by atoms with van der Waals surface area (Å²) in [6.45, 7) is 5.07. The number of aliphatic hydroxyl groups is 6. The van der Waals surface area contributed by atoms with Crippen LogP contribution in [-0.4, -0.2) is 272 Å². The Morgan fingerprint density at radius 3 is 1.64 bits per heavy atom. The summed E-state index contributed by atoms with van der Waals surface area (Å²) in [5.74, 6) is -1.57. The van der Waals surface area contributed by atoms with E-state index in [4.69, 9.17) is 10.2 Å². The van der Waals surface area contributed by atoms with Gasteiger partial charge in [-0.2, -0.15) is 40.8 Å². The largest absolute Gasteiger partial charge is 0.417 e. The average Bonchev–Trinajstić information content (AvgIpc) is 1.58. The lowest BCUT2D eigenvalue weighted by molar-refractivity contribution is -0.140. The molecule has 8 N–H and O–H groups in total. The number of halogens is 6. The molecule has 96 heavy (non-hydrogen) atoms. The minimum Gasteiger partial charge on any atom is -0.393 e. The zero-order valence-electron chi connectivity index (χ0n) is 53.6. The van der Waals surface area contributed by atoms with Crippen LogP contribution in [0.5, 0.6) is 0 Å². The molecular formula is C62H88F6N12O12S4. The molecule has 4 aromatic rings. The smallest absolute Gasteiger partial charge is 0.393 e. The van der Waals surface area contributed by atoms with Gasteiger partial charge in [-0.15, -0.1) is 23.5 Å². The molecule has 6 aliphatic rings. The zero-order chi connectivity index (χ0) is 68.9. The molecule has 0 radical (unpaired) electrons. The fourth-order valence-electron chi connectivity index (χ4n) is 13.8. The summed E-state index contributed by atoms with van der Waals surface area (Å²) in [6.07, 6.45) is -8.20. The van der Waals surface area contributed by atoms with E-state index in [1.807, 2.05) is 14.7 Å². The number of β-amino-alcohol motifs (C(OH)–C–C–N with tert-alkyl or cyclic N) is 3. The molecule has 0 aliphatic carbocycles. The SMILES string of the molecule is CS(=O)(=O)N1CCc2c(c(-c3ccc(C(F)(F)F)c(SCCN4CCC(O)CC4)c3)nn2CC(O)CN2CCC(NC(=O)C(O)CS(=O)(=O)NC3CCN(CC(O)Cn4nc(-c5ccc(C(F)(F)F)c(SCCN6CCCC(O)C6)c5)c5c4CCN(C(=O)CO)C5)CC3)CC2)C1. The monoisotopic (exact) mass is 1430 g/mol. The number of likely N-dealkylation sites (tertiary alicyclic amines) is 4. The Balaban J connectivity index is 0.684. The van der Waals surface area contributed by atoms with Gasteiger partial charge in [-0.25, -0.2) is 21.6 Å². The first-order chi connectivity index (χ1) is 45.5. The van der Waals surface area contributed by atoms with Crippen molar-refractivity contribution >= 4 is 55.4 Å². The van der Waals surface area contributed by atoms with Gasteiger partial charge in [-0.1, -0.05) is 12.1 Å². The highest BCUT2D eigenvalue weighted by atomic mass is 32.2. The van der Waals surface area contributed by atoms with E-state index in [1.54, 1.807) is 9.36 Å². The van der Waals surface area contributed by atoms with Gasteiger partial charge in [0.15, 0.2) is 0 Å². The molecule has 0 bridgehead atoms. The number of nitrogens with one attached hydrogen (secondary N) is 2. The van der Waals surface area contributed by atoms with Crippen molar-refractivity contribution in [3.8, 4) is 22.5 Å². The molecule has 2 amide bonds. The number of carbonyl (C=O) groups is 2. The Kier molecular flexibility index (Phi) is 24.7. The molecule has 34 heteroatoms. The fourth-order valence-corrected chi connectivity index (χ4v) is 18.2. The van der Waals surface area contributed by atoms with Crippen molar-refractivity contribution in [3.63, 3.8) is 0 Å². The number of nitrogens with zero attached hydrogens (tertiary/aromatic N) is 10. The zero-order valence-corrected chi connectivity index (χ0v) is 56.9. The molecule has 534 valence electrons. The maximum absolute atomic E-state index is 14.4. The van der Waals surface area contributed by atoms with Gasteiger partial charge in [0, 0.05) is 165 Å². The maximum atomic E-state index is 14.4. The van der Waals surface area contributed by atoms with Crippen LogP contribution in [0.15, 0.2) is 46.2 Å². The van der Waals surface area contributed by atoms with Crippen molar-refractivity contribution in [2.45, 2.75) is 155 Å². The van der Waals surface area contributed by atoms with Crippen LogP contribution >= 0.6 is 23.5 Å². The number of thioether (sulfide) groups is 2. The van der Waals surface area contributed by atoms with Gasteiger partial charge in [-0.05, 0) is 95.3 Å². The van der Waals surface area contributed by atoms with Gasteiger partial charge >= 0.3 is 12.4 Å². The molecule has 4 atom stereocenters. The van der Waals surface area contributed by atoms with E-state index in [2.05, 4.69) is 14.9 Å². The topological polar surface area (TPSA) is 303 Å². The van der Waals surface area contributed by atoms with Crippen LogP contribution in [0.1, 0.15) is 85.0 Å². The summed E-state index contributed by atoms with van der Waals surface area (Å²) >= 11 is 2.13. The van der Waals surface area contributed by atoms with Gasteiger partial charge in [0.1, 0.15) is 12.7 Å². The van der Waals surface area contributed by atoms with E-state index in [1.165, 1.54) is 33.5 Å². The molecule has 0 spiro atoms. The number of carbonyl (C=O) groups excluding carboxylic acids is 2. The highest BCUT2D eigenvalue weighted by Gasteiger charge is 2.39. The molecule has 24 nitrogen and oxygen atoms in total. The summed E-state index contributed by atoms with van der Waals surface area (Å²) in [7, 11) is -7.83. The minimum absolute atomic E-state index is 0.00109. The molecule has 0 saturated carbocycles. The number of hydrogen-bond donors (Lipinski definition) is 8. The Bertz CT molecular complexity index is 3570. The number of aliphatic hydroxyl groups excluding tert-OH is 6. The van der Waals surface area contributed by atoms with Crippen LogP contribution in [0.2, 0.25) is 0 Å². The summed E-state index contributed by atoms with van der Waals surface area (Å²) in [5.41, 5.74) is 2.29. The third-order valence-electron chi connectivity index (χ3n) is 18.9. The highest BCUT2D eigenvalue weighted by molar-refractivity contribution is 7.99. The summed E-state index contributed by atoms with van der Waals surface area (Å²) in [5, 5.41) is 76.0. The normalized spacial score (nSPS) is 21.1. The molecule has 6 aliphatic heterocycles. The Morgan fingerprint density at radius 1 is 0.625 bits per heavy atom. The standard InChI is InChI=1S/C62H88F6N12O12S4/c1-95(89,90)78-24-15-53-49(37-78)59(41-5-7-50(61(63,64)65)55(30-41)93-27-25-73-21-12-44(82)13-22-73)71-80(53)35-46(84)32-75-17-8-42(9-18-75)69-60(88)54(86)39-96(91,92)72-43-10-19-76(20-11-43)33-47(85)34-79-52-14-23-77(57(87)38-81)36-48(52)58(70-79)40-4-6-51(62(66,67)68)56(29-40)94-28-26-74-16-2-3-45(83)31-74/h4-7,29-30,42-47,54,72,81-86H,2-3,8-28,31-39H2,1H3,(H,69,88). The van der Waals surface area contributed by atoms with Gasteiger partial charge < -0.3 is 55.6 Å². The average molecular weight is 1440 g/mol. The molecule has 10 rings (SSSR count). The van der Waals surface area contributed by atoms with Crippen LogP contribution in [0.25, 0.3) is 22.5 Å². The third kappa shape index (κ3) is 19.5. The summed E-state index contributed by atoms with van der Waals surface area (Å²) < 4.78 is 146. The molecule has 8 heterocycles. The van der Waals surface area contributed by atoms with Crippen LogP contribution in [0.4, 0.5) is 26.3 Å². The maximum Gasteiger partial charge on any atom is 0.417 e. The van der Waals surface area contributed by atoms with Crippen LogP contribution in [0.3, 0.4) is 0 Å². The second-order valence-corrected chi connectivity index (χ2v) is 32.2. The van der Waals surface area contributed by atoms with E-state index in [0.717, 1.165) is 54.9 Å². The van der Waals surface area contributed by atoms with Crippen LogP contribution in [0, 0.1) is 0 Å². The number of sulfonamides is 2. The molecule has 4 fully saturated rings. The summed E-state index contributed by atoms with van der Waals surface area (Å²) in [6, 6.07) is 6.65. The number of amides is 2. The van der Waals surface area contributed by atoms with E-state index in [0.29, 0.717) is 167 Å². The second-order valence-electron chi connectivity index (χ2n) is 26.1. The van der Waals surface area contributed by atoms with Gasteiger partial charge in [0.25, 0.3) is 0 Å². The quantitative estimate of drug-likeness (QED) is 0.0331. The fraction of sp³-hybridized carbons (Fsp3) is 0.677. The number of aromatic nitrogens is 4. The van der Waals surface area contributed by atoms with Crippen LogP contribution in [-0.2, 0) is 81.0 Å². The first-order valence-electron chi connectivity index (χ1n) is 32.8. The van der Waals surface area contributed by atoms with Gasteiger partial charge in [0.05, 0.1) is 72.0 Å². The second kappa shape index (κ2) is 32.0. The van der Waals surface area contributed by atoms with E-state index in [9.17, 15) is 83.4 Å². The number of piperidine rings is 4. The van der Waals surface area contributed by atoms with Crippen molar-refractivity contribution < 1.29 is 83.4 Å². The Hall–Kier alpha value is -4.50. The number of alkyl halides is 6. The van der Waals surface area contributed by atoms with Crippen LogP contribution < -0.4 is 10.0 Å². The predicted molar refractivity (Wildman–Crippen MR) is 347 cm³/mol. The van der Waals surface area contributed by atoms with Crippen molar-refractivity contribution in [2.24, 2.45) is 0 Å². The third-order valence-corrected chi connectivity index (χ3v) is 23.7. The number of benzene rings is 2. The predicted octanol–water partition coefficient (Wildman–Crippen LogP) is 2.49. The molecular weight excluding hydrogens is 1350 g/mol. The first-order valence-corrected chi connectivity index (χ1v) is 38.2. The van der Waals surface area contributed by atoms with Crippen molar-refractivity contribution in [1.29, 1.82) is 0 Å². The minimum atomic E-state index is -4.64. The lowest BCUT2D eigenvalue weighted by Crippen LogP contribution is -2.51. The van der Waals surface area contributed by atoms with Gasteiger partial charge in [0.2, 0.25) is 31.9 Å². The highest BCUT2D eigenvalue weighted by Crippen LogP contribution is 2.43. The van der Waals surface area contributed by atoms with E-state index >= 15 is 0 Å². The van der Waals surface area contributed by atoms with E-state index < -0.39 is 104 Å². The molecule has 2 aromatic heterocycles. The summed E-state index contributed by atoms with van der Waals surface area (Å²) in [4.78, 5) is 35.5. The van der Waals surface area contributed by atoms with Crippen molar-refractivity contribution in [3.05, 3.63) is 70.0 Å². The van der Waals surface area contributed by atoms with E-state index in [-0.39, 0.29) is 74.7 Å². The molecule has 4 saturated heterocycles. The first kappa shape index (κ1) is 74.2. The molecule has 4 unspecified atom stereocenters. The lowest BCUT2D eigenvalue weighted by atomic mass is 9.99.